The number of benzene rings is 4. The van der Waals surface area contributed by atoms with Crippen LogP contribution < -0.4 is 0 Å². The molecule has 0 radical (unpaired) electrons. The minimum atomic E-state index is -1.03. The standard InChI is InChI=1S/C34H23N5O2/c1-19-14-15-28-25(16-19)27(18-36-28)32-26(17-35)31(23-12-6-8-21-9-7-13-24(30(21)23)34(40)41)29-20(2)38-39(33(29)37-32)22-10-4-3-5-11-22/h3-16,18,36H,1-2H3,(H,40,41). The highest BCUT2D eigenvalue weighted by Gasteiger charge is 2.26. The molecule has 0 bridgehead atoms. The third kappa shape index (κ3) is 3.69. The van der Waals surface area contributed by atoms with Crippen molar-refractivity contribution in [1.29, 1.82) is 5.26 Å². The number of para-hydroxylation sites is 1. The second-order valence-corrected chi connectivity index (χ2v) is 10.1. The predicted octanol–water partition coefficient (Wildman–Crippen LogP) is 7.58. The van der Waals surface area contributed by atoms with Gasteiger partial charge in [0, 0.05) is 33.6 Å². The number of nitriles is 1. The molecule has 0 saturated carbocycles. The van der Waals surface area contributed by atoms with Crippen LogP contribution in [0.5, 0.6) is 0 Å². The Morgan fingerprint density at radius 1 is 0.927 bits per heavy atom. The van der Waals surface area contributed by atoms with Crippen LogP contribution in [0.1, 0.15) is 27.2 Å². The molecule has 0 unspecified atom stereocenters. The molecule has 0 spiro atoms. The molecule has 7 heteroatoms. The van der Waals surface area contributed by atoms with Crippen LogP contribution >= 0.6 is 0 Å². The number of H-pyrrole nitrogens is 1. The van der Waals surface area contributed by atoms with Gasteiger partial charge in [0.1, 0.15) is 6.07 Å². The lowest BCUT2D eigenvalue weighted by Gasteiger charge is -2.15. The second-order valence-electron chi connectivity index (χ2n) is 10.1. The lowest BCUT2D eigenvalue weighted by molar-refractivity contribution is 0.0699. The average Bonchev–Trinajstić information content (AvgIpc) is 3.56. The summed E-state index contributed by atoms with van der Waals surface area (Å²) in [7, 11) is 0. The number of aromatic nitrogens is 4. The molecule has 7 nitrogen and oxygen atoms in total. The number of hydrogen-bond donors (Lipinski definition) is 2. The van der Waals surface area contributed by atoms with E-state index in [0.717, 1.165) is 33.1 Å². The van der Waals surface area contributed by atoms with Crippen molar-refractivity contribution >= 4 is 38.7 Å². The topological polar surface area (TPSA) is 108 Å². The van der Waals surface area contributed by atoms with Crippen LogP contribution in [0, 0.1) is 25.2 Å². The number of pyridine rings is 1. The smallest absolute Gasteiger partial charge is 0.336 e. The molecular formula is C34H23N5O2. The summed E-state index contributed by atoms with van der Waals surface area (Å²) in [6, 6.07) is 29.2. The molecule has 4 aromatic carbocycles. The molecule has 196 valence electrons. The molecule has 2 N–H and O–H groups in total. The molecular weight excluding hydrogens is 510 g/mol. The van der Waals surface area contributed by atoms with E-state index in [1.54, 1.807) is 16.8 Å². The summed E-state index contributed by atoms with van der Waals surface area (Å²) in [6.07, 6.45) is 1.88. The molecule has 0 aliphatic heterocycles. The van der Waals surface area contributed by atoms with Crippen molar-refractivity contribution in [1.82, 2.24) is 19.7 Å². The van der Waals surface area contributed by atoms with E-state index in [1.165, 1.54) is 0 Å². The molecule has 0 aliphatic carbocycles. The lowest BCUT2D eigenvalue weighted by atomic mass is 9.88. The monoisotopic (exact) mass is 533 g/mol. The van der Waals surface area contributed by atoms with E-state index >= 15 is 0 Å². The Bertz CT molecular complexity index is 2210. The van der Waals surface area contributed by atoms with Gasteiger partial charge in [-0.25, -0.2) is 14.5 Å². The summed E-state index contributed by atoms with van der Waals surface area (Å²) in [6.45, 7) is 3.92. The molecule has 0 atom stereocenters. The van der Waals surface area contributed by atoms with E-state index < -0.39 is 5.97 Å². The van der Waals surface area contributed by atoms with E-state index in [4.69, 9.17) is 10.1 Å². The van der Waals surface area contributed by atoms with Crippen molar-refractivity contribution in [3.63, 3.8) is 0 Å². The van der Waals surface area contributed by atoms with Crippen LogP contribution in [-0.4, -0.2) is 30.8 Å². The molecule has 3 heterocycles. The highest BCUT2D eigenvalue weighted by molar-refractivity contribution is 6.15. The number of aromatic carboxylic acids is 1. The van der Waals surface area contributed by atoms with Gasteiger partial charge in [0.2, 0.25) is 0 Å². The van der Waals surface area contributed by atoms with Gasteiger partial charge in [-0.05, 0) is 55.1 Å². The van der Waals surface area contributed by atoms with Crippen molar-refractivity contribution in [2.45, 2.75) is 13.8 Å². The maximum absolute atomic E-state index is 12.4. The number of carboxylic acid groups (broad SMARTS) is 1. The second kappa shape index (κ2) is 9.18. The summed E-state index contributed by atoms with van der Waals surface area (Å²) >= 11 is 0. The first-order valence-electron chi connectivity index (χ1n) is 13.2. The summed E-state index contributed by atoms with van der Waals surface area (Å²) in [5.41, 5.74) is 7.23. The number of nitrogens with one attached hydrogen (secondary N) is 1. The van der Waals surface area contributed by atoms with E-state index in [1.807, 2.05) is 86.8 Å². The van der Waals surface area contributed by atoms with Gasteiger partial charge in [-0.2, -0.15) is 10.4 Å². The van der Waals surface area contributed by atoms with Crippen LogP contribution in [-0.2, 0) is 0 Å². The highest BCUT2D eigenvalue weighted by Crippen LogP contribution is 2.43. The number of hydrogen-bond acceptors (Lipinski definition) is 4. The third-order valence-electron chi connectivity index (χ3n) is 7.60. The number of aromatic amines is 1. The summed E-state index contributed by atoms with van der Waals surface area (Å²) in [4.78, 5) is 20.9. The molecule has 41 heavy (non-hydrogen) atoms. The van der Waals surface area contributed by atoms with Gasteiger partial charge < -0.3 is 10.1 Å². The first kappa shape index (κ1) is 24.3. The van der Waals surface area contributed by atoms with E-state index in [0.29, 0.717) is 44.5 Å². The van der Waals surface area contributed by atoms with E-state index in [-0.39, 0.29) is 5.56 Å². The number of carbonyl (C=O) groups is 1. The zero-order chi connectivity index (χ0) is 28.2. The third-order valence-corrected chi connectivity index (χ3v) is 7.60. The van der Waals surface area contributed by atoms with Crippen LogP contribution in [0.15, 0.2) is 91.1 Å². The minimum Gasteiger partial charge on any atom is -0.478 e. The van der Waals surface area contributed by atoms with Crippen LogP contribution in [0.3, 0.4) is 0 Å². The minimum absolute atomic E-state index is 0.171. The molecule has 7 rings (SSSR count). The van der Waals surface area contributed by atoms with Crippen LogP contribution in [0.2, 0.25) is 0 Å². The van der Waals surface area contributed by atoms with Gasteiger partial charge in [0.25, 0.3) is 0 Å². The van der Waals surface area contributed by atoms with Crippen molar-refractivity contribution < 1.29 is 9.90 Å². The summed E-state index contributed by atoms with van der Waals surface area (Å²) < 4.78 is 1.79. The Balaban J connectivity index is 1.70. The first-order chi connectivity index (χ1) is 20.0. The van der Waals surface area contributed by atoms with Crippen molar-refractivity contribution in [2.75, 3.05) is 0 Å². The largest absolute Gasteiger partial charge is 0.478 e. The summed E-state index contributed by atoms with van der Waals surface area (Å²) in [5, 5.41) is 28.8. The highest BCUT2D eigenvalue weighted by atomic mass is 16.4. The quantitative estimate of drug-likeness (QED) is 0.243. The van der Waals surface area contributed by atoms with Gasteiger partial charge in [-0.3, -0.25) is 0 Å². The van der Waals surface area contributed by atoms with Crippen molar-refractivity contribution in [3.8, 4) is 34.1 Å². The normalized spacial score (nSPS) is 11.3. The maximum Gasteiger partial charge on any atom is 0.336 e. The number of fused-ring (bicyclic) bond motifs is 3. The Hall–Kier alpha value is -5.74. The molecule has 0 amide bonds. The fraction of sp³-hybridized carbons (Fsp3) is 0.0588. The van der Waals surface area contributed by atoms with Gasteiger partial charge in [-0.1, -0.05) is 60.2 Å². The van der Waals surface area contributed by atoms with Crippen molar-refractivity contribution in [2.24, 2.45) is 0 Å². The fourth-order valence-corrected chi connectivity index (χ4v) is 5.80. The van der Waals surface area contributed by atoms with Gasteiger partial charge >= 0.3 is 5.97 Å². The summed E-state index contributed by atoms with van der Waals surface area (Å²) in [5.74, 6) is -1.03. The Morgan fingerprint density at radius 2 is 1.71 bits per heavy atom. The van der Waals surface area contributed by atoms with Gasteiger partial charge in [0.05, 0.1) is 33.6 Å². The number of aryl methyl sites for hydroxylation is 2. The molecule has 0 saturated heterocycles. The number of rotatable bonds is 4. The predicted molar refractivity (Wildman–Crippen MR) is 160 cm³/mol. The molecule has 3 aromatic heterocycles. The SMILES string of the molecule is Cc1ccc2[nH]cc(-c3nc4c(c(C)nn4-c4ccccc4)c(-c4cccc5cccc(C(=O)O)c45)c3C#N)c2c1. The van der Waals surface area contributed by atoms with Gasteiger partial charge in [-0.15, -0.1) is 0 Å². The lowest BCUT2D eigenvalue weighted by Crippen LogP contribution is -2.02. The zero-order valence-electron chi connectivity index (χ0n) is 22.3. The van der Waals surface area contributed by atoms with Crippen LogP contribution in [0.25, 0.3) is 60.8 Å². The molecule has 0 fully saturated rings. The fourth-order valence-electron chi connectivity index (χ4n) is 5.80. The van der Waals surface area contributed by atoms with Crippen LogP contribution in [0.4, 0.5) is 0 Å². The Morgan fingerprint density at radius 3 is 2.46 bits per heavy atom. The van der Waals surface area contributed by atoms with Crippen molar-refractivity contribution in [3.05, 3.63) is 114 Å². The molecule has 0 aliphatic rings. The number of nitrogens with zero attached hydrogens (tertiary/aromatic N) is 4. The van der Waals surface area contributed by atoms with E-state index in [2.05, 4.69) is 17.1 Å². The Labute approximate surface area is 234 Å². The maximum atomic E-state index is 12.4. The number of carboxylic acids is 1. The zero-order valence-corrected chi connectivity index (χ0v) is 22.3. The van der Waals surface area contributed by atoms with Gasteiger partial charge in [0.15, 0.2) is 5.65 Å². The van der Waals surface area contributed by atoms with E-state index in [9.17, 15) is 15.2 Å². The first-order valence-corrected chi connectivity index (χ1v) is 13.2. The molecule has 7 aromatic rings. The Kier molecular flexibility index (Phi) is 5.44. The average molecular weight is 534 g/mol.